The van der Waals surface area contributed by atoms with Crippen LogP contribution in [0.1, 0.15) is 12.0 Å². The van der Waals surface area contributed by atoms with Crippen LogP contribution in [0.15, 0.2) is 48.5 Å². The van der Waals surface area contributed by atoms with Crippen LogP contribution in [0.25, 0.3) is 0 Å². The topological polar surface area (TPSA) is 72.5 Å². The molecule has 2 aromatic rings. The normalized spacial score (nSPS) is 19.0. The number of ether oxygens (including phenoxy) is 1. The van der Waals surface area contributed by atoms with Crippen LogP contribution in [0.4, 0.5) is 5.69 Å². The average molecular weight is 345 g/mol. The highest BCUT2D eigenvalue weighted by molar-refractivity contribution is 7.91. The SMILES string of the molecule is Cc1ccc(Oc2ccc(NC(=O)C3CCS(=O)(=O)C3)cc2)cc1. The summed E-state index contributed by atoms with van der Waals surface area (Å²) in [5.41, 5.74) is 1.79. The lowest BCUT2D eigenvalue weighted by Gasteiger charge is -2.10. The zero-order chi connectivity index (χ0) is 17.2. The Morgan fingerprint density at radius 3 is 2.17 bits per heavy atom. The molecule has 1 aliphatic rings. The fraction of sp³-hybridized carbons (Fsp3) is 0.278. The molecule has 1 amide bonds. The van der Waals surface area contributed by atoms with Gasteiger partial charge in [-0.05, 0) is 49.7 Å². The zero-order valence-corrected chi connectivity index (χ0v) is 14.2. The molecule has 1 unspecified atom stereocenters. The van der Waals surface area contributed by atoms with Crippen molar-refractivity contribution in [2.75, 3.05) is 16.8 Å². The van der Waals surface area contributed by atoms with E-state index in [-0.39, 0.29) is 17.4 Å². The van der Waals surface area contributed by atoms with Gasteiger partial charge in [-0.15, -0.1) is 0 Å². The molecule has 1 aliphatic heterocycles. The van der Waals surface area contributed by atoms with Gasteiger partial charge in [0.2, 0.25) is 5.91 Å². The highest BCUT2D eigenvalue weighted by Gasteiger charge is 2.32. The van der Waals surface area contributed by atoms with E-state index in [1.165, 1.54) is 0 Å². The summed E-state index contributed by atoms with van der Waals surface area (Å²) < 4.78 is 28.6. The number of amides is 1. The standard InChI is InChI=1S/C18H19NO4S/c1-13-2-6-16(7-3-13)23-17-8-4-15(5-9-17)19-18(20)14-10-11-24(21,22)12-14/h2-9,14H,10-12H2,1H3,(H,19,20). The van der Waals surface area contributed by atoms with Crippen LogP contribution in [0.5, 0.6) is 11.5 Å². The molecule has 0 bridgehead atoms. The third kappa shape index (κ3) is 4.14. The lowest BCUT2D eigenvalue weighted by atomic mass is 10.1. The summed E-state index contributed by atoms with van der Waals surface area (Å²) in [5.74, 6) is 0.734. The Hall–Kier alpha value is -2.34. The van der Waals surface area contributed by atoms with Gasteiger partial charge in [-0.25, -0.2) is 8.42 Å². The number of anilines is 1. The second-order valence-corrected chi connectivity index (χ2v) is 8.26. The number of aryl methyl sites for hydroxylation is 1. The molecular weight excluding hydrogens is 326 g/mol. The molecule has 1 N–H and O–H groups in total. The van der Waals surface area contributed by atoms with Gasteiger partial charge in [0.25, 0.3) is 0 Å². The molecule has 0 aliphatic carbocycles. The van der Waals surface area contributed by atoms with Gasteiger partial charge < -0.3 is 10.1 Å². The maximum absolute atomic E-state index is 12.1. The molecule has 1 heterocycles. The van der Waals surface area contributed by atoms with Crippen molar-refractivity contribution in [3.63, 3.8) is 0 Å². The maximum Gasteiger partial charge on any atom is 0.228 e. The number of hydrogen-bond acceptors (Lipinski definition) is 4. The molecule has 0 radical (unpaired) electrons. The van der Waals surface area contributed by atoms with Gasteiger partial charge in [0.15, 0.2) is 9.84 Å². The minimum atomic E-state index is -3.06. The third-order valence-corrected chi connectivity index (χ3v) is 5.75. The summed E-state index contributed by atoms with van der Waals surface area (Å²) in [5, 5.41) is 2.76. The first kappa shape index (κ1) is 16.5. The van der Waals surface area contributed by atoms with Crippen molar-refractivity contribution in [2.24, 2.45) is 5.92 Å². The van der Waals surface area contributed by atoms with Crippen LogP contribution in [-0.4, -0.2) is 25.8 Å². The van der Waals surface area contributed by atoms with Gasteiger partial charge in [0, 0.05) is 5.69 Å². The van der Waals surface area contributed by atoms with Crippen molar-refractivity contribution in [3.8, 4) is 11.5 Å². The number of rotatable bonds is 4. The number of sulfone groups is 1. The smallest absolute Gasteiger partial charge is 0.228 e. The first-order valence-electron chi connectivity index (χ1n) is 7.77. The molecule has 126 valence electrons. The second-order valence-electron chi connectivity index (χ2n) is 6.03. The molecule has 1 atom stereocenters. The van der Waals surface area contributed by atoms with E-state index in [0.717, 1.165) is 11.3 Å². The quantitative estimate of drug-likeness (QED) is 0.924. The monoisotopic (exact) mass is 345 g/mol. The minimum absolute atomic E-state index is 0.0621. The first-order valence-corrected chi connectivity index (χ1v) is 9.59. The summed E-state index contributed by atoms with van der Waals surface area (Å²) >= 11 is 0. The zero-order valence-electron chi connectivity index (χ0n) is 13.4. The van der Waals surface area contributed by atoms with E-state index in [1.807, 2.05) is 31.2 Å². The van der Waals surface area contributed by atoms with Crippen molar-refractivity contribution >= 4 is 21.4 Å². The van der Waals surface area contributed by atoms with Crippen LogP contribution in [0, 0.1) is 12.8 Å². The second kappa shape index (κ2) is 6.65. The van der Waals surface area contributed by atoms with E-state index in [9.17, 15) is 13.2 Å². The van der Waals surface area contributed by atoms with Gasteiger partial charge in [-0.3, -0.25) is 4.79 Å². The summed E-state index contributed by atoms with van der Waals surface area (Å²) in [6.45, 7) is 2.01. The van der Waals surface area contributed by atoms with Crippen LogP contribution < -0.4 is 10.1 Å². The summed E-state index contributed by atoms with van der Waals surface area (Å²) in [4.78, 5) is 12.1. The van der Waals surface area contributed by atoms with E-state index in [4.69, 9.17) is 4.74 Å². The third-order valence-electron chi connectivity index (χ3n) is 3.98. The van der Waals surface area contributed by atoms with Crippen molar-refractivity contribution in [1.82, 2.24) is 0 Å². The Kier molecular flexibility index (Phi) is 4.57. The van der Waals surface area contributed by atoms with E-state index < -0.39 is 15.8 Å². The first-order chi connectivity index (χ1) is 11.4. The number of carbonyl (C=O) groups excluding carboxylic acids is 1. The van der Waals surface area contributed by atoms with Gasteiger partial charge in [0.05, 0.1) is 17.4 Å². The highest BCUT2D eigenvalue weighted by Crippen LogP contribution is 2.24. The van der Waals surface area contributed by atoms with Gasteiger partial charge in [-0.2, -0.15) is 0 Å². The lowest BCUT2D eigenvalue weighted by molar-refractivity contribution is -0.119. The Bertz CT molecular complexity index is 826. The van der Waals surface area contributed by atoms with Crippen LogP contribution in [-0.2, 0) is 14.6 Å². The Labute approximate surface area is 141 Å². The number of nitrogens with one attached hydrogen (secondary N) is 1. The van der Waals surface area contributed by atoms with E-state index in [1.54, 1.807) is 24.3 Å². The fourth-order valence-corrected chi connectivity index (χ4v) is 4.34. The summed E-state index contributed by atoms with van der Waals surface area (Å²) in [6.07, 6.45) is 0.392. The van der Waals surface area contributed by atoms with Gasteiger partial charge in [-0.1, -0.05) is 17.7 Å². The molecule has 1 saturated heterocycles. The lowest BCUT2D eigenvalue weighted by Crippen LogP contribution is -2.23. The molecule has 0 spiro atoms. The number of hydrogen-bond donors (Lipinski definition) is 1. The molecule has 3 rings (SSSR count). The fourth-order valence-electron chi connectivity index (χ4n) is 2.59. The van der Waals surface area contributed by atoms with Crippen molar-refractivity contribution in [2.45, 2.75) is 13.3 Å². The molecule has 1 fully saturated rings. The van der Waals surface area contributed by atoms with E-state index in [2.05, 4.69) is 5.32 Å². The van der Waals surface area contributed by atoms with Gasteiger partial charge >= 0.3 is 0 Å². The minimum Gasteiger partial charge on any atom is -0.457 e. The Morgan fingerprint density at radius 1 is 1.04 bits per heavy atom. The predicted molar refractivity (Wildman–Crippen MR) is 93.1 cm³/mol. The molecule has 6 heteroatoms. The molecule has 0 aromatic heterocycles. The largest absolute Gasteiger partial charge is 0.457 e. The predicted octanol–water partition coefficient (Wildman–Crippen LogP) is 3.16. The van der Waals surface area contributed by atoms with Crippen molar-refractivity contribution in [3.05, 3.63) is 54.1 Å². The molecule has 2 aromatic carbocycles. The average Bonchev–Trinajstić information content (AvgIpc) is 2.92. The van der Waals surface area contributed by atoms with Crippen molar-refractivity contribution in [1.29, 1.82) is 0 Å². The summed E-state index contributed by atoms with van der Waals surface area (Å²) in [7, 11) is -3.06. The number of benzene rings is 2. The molecule has 24 heavy (non-hydrogen) atoms. The van der Waals surface area contributed by atoms with Gasteiger partial charge in [0.1, 0.15) is 11.5 Å². The maximum atomic E-state index is 12.1. The van der Waals surface area contributed by atoms with Crippen LogP contribution in [0.2, 0.25) is 0 Å². The van der Waals surface area contributed by atoms with E-state index in [0.29, 0.717) is 17.9 Å². The van der Waals surface area contributed by atoms with E-state index >= 15 is 0 Å². The van der Waals surface area contributed by atoms with Crippen molar-refractivity contribution < 1.29 is 17.9 Å². The summed E-state index contributed by atoms with van der Waals surface area (Å²) in [6, 6.07) is 14.7. The highest BCUT2D eigenvalue weighted by atomic mass is 32.2. The Morgan fingerprint density at radius 2 is 1.62 bits per heavy atom. The molecule has 5 nitrogen and oxygen atoms in total. The molecular formula is C18H19NO4S. The molecule has 0 saturated carbocycles. The Balaban J connectivity index is 1.60. The van der Waals surface area contributed by atoms with Crippen LogP contribution >= 0.6 is 0 Å². The number of carbonyl (C=O) groups is 1. The van der Waals surface area contributed by atoms with Crippen LogP contribution in [0.3, 0.4) is 0 Å².